The molecule has 15 heavy (non-hydrogen) atoms. The molecule has 0 bridgehead atoms. The average Bonchev–Trinajstić information content (AvgIpc) is 2.66. The molecule has 3 nitrogen and oxygen atoms in total. The van der Waals surface area contributed by atoms with E-state index in [-0.39, 0.29) is 11.9 Å². The van der Waals surface area contributed by atoms with Crippen LogP contribution in [0.25, 0.3) is 11.3 Å². The second-order valence-electron chi connectivity index (χ2n) is 3.37. The molecule has 0 spiro atoms. The second-order valence-corrected chi connectivity index (χ2v) is 3.37. The standard InChI is InChI=1S/C11H11FN2O/c1-7(13)11-14-10(6-15-11)8-3-2-4-9(12)5-8/h2-7H,13H2,1H3. The Morgan fingerprint density at radius 2 is 2.27 bits per heavy atom. The maximum atomic E-state index is 12.9. The first-order valence-corrected chi connectivity index (χ1v) is 4.64. The van der Waals surface area contributed by atoms with Gasteiger partial charge in [0.05, 0.1) is 6.04 Å². The fourth-order valence-corrected chi connectivity index (χ4v) is 1.28. The van der Waals surface area contributed by atoms with E-state index in [1.807, 2.05) is 0 Å². The molecule has 2 N–H and O–H groups in total. The molecule has 0 fully saturated rings. The van der Waals surface area contributed by atoms with Crippen LogP contribution in [0.4, 0.5) is 4.39 Å². The van der Waals surface area contributed by atoms with Crippen LogP contribution in [0, 0.1) is 5.82 Å². The predicted molar refractivity (Wildman–Crippen MR) is 54.5 cm³/mol. The van der Waals surface area contributed by atoms with E-state index in [0.29, 0.717) is 17.1 Å². The van der Waals surface area contributed by atoms with Crippen molar-refractivity contribution in [3.05, 3.63) is 42.2 Å². The number of hydrogen-bond acceptors (Lipinski definition) is 3. The summed E-state index contributed by atoms with van der Waals surface area (Å²) in [5.41, 5.74) is 6.89. The highest BCUT2D eigenvalue weighted by Crippen LogP contribution is 2.21. The Labute approximate surface area is 86.7 Å². The van der Waals surface area contributed by atoms with Crippen molar-refractivity contribution in [1.82, 2.24) is 4.98 Å². The van der Waals surface area contributed by atoms with Crippen LogP contribution in [0.3, 0.4) is 0 Å². The number of benzene rings is 1. The molecule has 2 aromatic rings. The fraction of sp³-hybridized carbons (Fsp3) is 0.182. The highest BCUT2D eigenvalue weighted by molar-refractivity contribution is 5.57. The molecule has 0 amide bonds. The summed E-state index contributed by atoms with van der Waals surface area (Å²) in [6.45, 7) is 1.78. The molecule has 4 heteroatoms. The molecule has 78 valence electrons. The monoisotopic (exact) mass is 206 g/mol. The van der Waals surface area contributed by atoms with Crippen molar-refractivity contribution in [1.29, 1.82) is 0 Å². The van der Waals surface area contributed by atoms with Crippen molar-refractivity contribution in [3.63, 3.8) is 0 Å². The van der Waals surface area contributed by atoms with Crippen molar-refractivity contribution in [2.45, 2.75) is 13.0 Å². The van der Waals surface area contributed by atoms with Crippen molar-refractivity contribution in [2.24, 2.45) is 5.73 Å². The van der Waals surface area contributed by atoms with Gasteiger partial charge in [0, 0.05) is 5.56 Å². The topological polar surface area (TPSA) is 52.0 Å². The molecular formula is C11H11FN2O. The zero-order chi connectivity index (χ0) is 10.8. The molecule has 1 aromatic carbocycles. The van der Waals surface area contributed by atoms with E-state index in [1.165, 1.54) is 18.4 Å². The summed E-state index contributed by atoms with van der Waals surface area (Å²) in [6.07, 6.45) is 1.48. The zero-order valence-corrected chi connectivity index (χ0v) is 8.27. The molecule has 1 unspecified atom stereocenters. The van der Waals surface area contributed by atoms with Crippen LogP contribution in [0.15, 0.2) is 34.9 Å². The molecule has 0 aliphatic rings. The van der Waals surface area contributed by atoms with Gasteiger partial charge in [-0.2, -0.15) is 0 Å². The van der Waals surface area contributed by atoms with E-state index < -0.39 is 0 Å². The summed E-state index contributed by atoms with van der Waals surface area (Å²) < 4.78 is 18.1. The largest absolute Gasteiger partial charge is 0.447 e. The number of rotatable bonds is 2. The SMILES string of the molecule is CC(N)c1nc(-c2cccc(F)c2)co1. The molecule has 0 aliphatic heterocycles. The van der Waals surface area contributed by atoms with Gasteiger partial charge in [0.2, 0.25) is 5.89 Å². The van der Waals surface area contributed by atoms with Crippen molar-refractivity contribution < 1.29 is 8.81 Å². The van der Waals surface area contributed by atoms with E-state index in [1.54, 1.807) is 19.1 Å². The summed E-state index contributed by atoms with van der Waals surface area (Å²) in [5.74, 6) is 0.159. The minimum Gasteiger partial charge on any atom is -0.447 e. The van der Waals surface area contributed by atoms with Crippen molar-refractivity contribution >= 4 is 0 Å². The van der Waals surface area contributed by atoms with Gasteiger partial charge in [-0.15, -0.1) is 0 Å². The lowest BCUT2D eigenvalue weighted by molar-refractivity contribution is 0.464. The Morgan fingerprint density at radius 1 is 1.47 bits per heavy atom. The first-order chi connectivity index (χ1) is 7.16. The van der Waals surface area contributed by atoms with E-state index >= 15 is 0 Å². The predicted octanol–water partition coefficient (Wildman–Crippen LogP) is 2.50. The van der Waals surface area contributed by atoms with Gasteiger partial charge in [-0.3, -0.25) is 0 Å². The zero-order valence-electron chi connectivity index (χ0n) is 8.27. The van der Waals surface area contributed by atoms with Gasteiger partial charge < -0.3 is 10.2 Å². The molecule has 0 saturated heterocycles. The maximum absolute atomic E-state index is 12.9. The third-order valence-corrected chi connectivity index (χ3v) is 2.03. The van der Waals surface area contributed by atoms with Gasteiger partial charge in [-0.25, -0.2) is 9.37 Å². The van der Waals surface area contributed by atoms with Crippen molar-refractivity contribution in [2.75, 3.05) is 0 Å². The highest BCUT2D eigenvalue weighted by atomic mass is 19.1. The van der Waals surface area contributed by atoms with Gasteiger partial charge in [0.1, 0.15) is 17.8 Å². The second kappa shape index (κ2) is 3.82. The molecule has 2 rings (SSSR count). The Hall–Kier alpha value is -1.68. The van der Waals surface area contributed by atoms with E-state index in [4.69, 9.17) is 10.2 Å². The minimum atomic E-state index is -0.294. The quantitative estimate of drug-likeness (QED) is 0.821. The van der Waals surface area contributed by atoms with E-state index in [0.717, 1.165) is 0 Å². The third-order valence-electron chi connectivity index (χ3n) is 2.03. The lowest BCUT2D eigenvalue weighted by Gasteiger charge is -1.96. The molecule has 1 aromatic heterocycles. The fourth-order valence-electron chi connectivity index (χ4n) is 1.28. The lowest BCUT2D eigenvalue weighted by Crippen LogP contribution is -2.04. The average molecular weight is 206 g/mol. The van der Waals surface area contributed by atoms with Crippen LogP contribution >= 0.6 is 0 Å². The van der Waals surface area contributed by atoms with Gasteiger partial charge in [-0.05, 0) is 19.1 Å². The Kier molecular flexibility index (Phi) is 2.51. The molecular weight excluding hydrogens is 195 g/mol. The first-order valence-electron chi connectivity index (χ1n) is 4.64. The van der Waals surface area contributed by atoms with E-state index in [2.05, 4.69) is 4.98 Å². The molecule has 0 aliphatic carbocycles. The Balaban J connectivity index is 2.37. The Bertz CT molecular complexity index is 465. The summed E-state index contributed by atoms with van der Waals surface area (Å²) >= 11 is 0. The van der Waals surface area contributed by atoms with Crippen LogP contribution in [0.5, 0.6) is 0 Å². The summed E-state index contributed by atoms with van der Waals surface area (Å²) in [6, 6.07) is 5.93. The maximum Gasteiger partial charge on any atom is 0.211 e. The van der Waals surface area contributed by atoms with Gasteiger partial charge in [0.15, 0.2) is 0 Å². The van der Waals surface area contributed by atoms with Gasteiger partial charge >= 0.3 is 0 Å². The minimum absolute atomic E-state index is 0.257. The number of halogens is 1. The number of hydrogen-bond donors (Lipinski definition) is 1. The molecule has 1 atom stereocenters. The van der Waals surface area contributed by atoms with Crippen molar-refractivity contribution in [3.8, 4) is 11.3 Å². The van der Waals surface area contributed by atoms with Crippen LogP contribution in [-0.4, -0.2) is 4.98 Å². The number of aromatic nitrogens is 1. The van der Waals surface area contributed by atoms with Gasteiger partial charge in [-0.1, -0.05) is 12.1 Å². The Morgan fingerprint density at radius 3 is 2.87 bits per heavy atom. The smallest absolute Gasteiger partial charge is 0.211 e. The molecule has 0 radical (unpaired) electrons. The normalized spacial score (nSPS) is 12.7. The summed E-state index contributed by atoms with van der Waals surface area (Å²) in [4.78, 5) is 4.16. The van der Waals surface area contributed by atoms with Crippen LogP contribution in [-0.2, 0) is 0 Å². The summed E-state index contributed by atoms with van der Waals surface area (Å²) in [7, 11) is 0. The first kappa shape index (κ1) is 9.86. The van der Waals surface area contributed by atoms with Gasteiger partial charge in [0.25, 0.3) is 0 Å². The van der Waals surface area contributed by atoms with Crippen LogP contribution < -0.4 is 5.73 Å². The van der Waals surface area contributed by atoms with Crippen LogP contribution in [0.2, 0.25) is 0 Å². The number of nitrogens with zero attached hydrogens (tertiary/aromatic N) is 1. The van der Waals surface area contributed by atoms with E-state index in [9.17, 15) is 4.39 Å². The van der Waals surface area contributed by atoms with Crippen LogP contribution in [0.1, 0.15) is 18.9 Å². The number of oxazole rings is 1. The third kappa shape index (κ3) is 2.05. The summed E-state index contributed by atoms with van der Waals surface area (Å²) in [5, 5.41) is 0. The molecule has 0 saturated carbocycles. The number of nitrogens with two attached hydrogens (primary N) is 1. The lowest BCUT2D eigenvalue weighted by atomic mass is 10.2. The molecule has 1 heterocycles. The highest BCUT2D eigenvalue weighted by Gasteiger charge is 2.09.